The summed E-state index contributed by atoms with van der Waals surface area (Å²) in [5.41, 5.74) is 5.97. The molecule has 14 heteroatoms. The zero-order valence-corrected chi connectivity index (χ0v) is 15.3. The first kappa shape index (κ1) is 19.1. The minimum Gasteiger partial charge on any atom is -0.396 e. The fourth-order valence-corrected chi connectivity index (χ4v) is 2.19. The number of nitrogen functional groups attached to an aromatic ring is 1. The van der Waals surface area contributed by atoms with Gasteiger partial charge in [-0.15, -0.1) is 0 Å². The molecular formula is C14H10Cl2N10O2. The maximum absolute atomic E-state index is 10.4. The summed E-state index contributed by atoms with van der Waals surface area (Å²) in [7, 11) is 0. The Bertz CT molecular complexity index is 1110. The van der Waals surface area contributed by atoms with Crippen LogP contribution in [0.25, 0.3) is 11.6 Å². The molecule has 4 heterocycles. The Morgan fingerprint density at radius 1 is 0.929 bits per heavy atom. The topological polar surface area (TPSA) is 156 Å². The van der Waals surface area contributed by atoms with Crippen LogP contribution in [0.1, 0.15) is 0 Å². The van der Waals surface area contributed by atoms with Crippen LogP contribution in [0.2, 0.25) is 10.6 Å². The molecule has 0 atom stereocenters. The van der Waals surface area contributed by atoms with E-state index in [4.69, 9.17) is 28.9 Å². The van der Waals surface area contributed by atoms with Gasteiger partial charge in [0, 0.05) is 24.5 Å². The number of rotatable bonds is 3. The first-order valence-corrected chi connectivity index (χ1v) is 8.15. The molecule has 0 amide bonds. The summed E-state index contributed by atoms with van der Waals surface area (Å²) in [4.78, 5) is 25.1. The van der Waals surface area contributed by atoms with Crippen molar-refractivity contribution in [1.82, 2.24) is 39.5 Å². The summed E-state index contributed by atoms with van der Waals surface area (Å²) in [5.74, 6) is 0.972. The molecule has 142 valence electrons. The van der Waals surface area contributed by atoms with Crippen molar-refractivity contribution >= 4 is 34.6 Å². The van der Waals surface area contributed by atoms with E-state index in [0.29, 0.717) is 17.3 Å². The third-order valence-corrected chi connectivity index (χ3v) is 3.44. The van der Waals surface area contributed by atoms with Crippen molar-refractivity contribution in [3.05, 3.63) is 70.0 Å². The van der Waals surface area contributed by atoms with Gasteiger partial charge in [0.15, 0.2) is 11.6 Å². The lowest BCUT2D eigenvalue weighted by Gasteiger charge is -1.98. The molecule has 0 unspecified atom stereocenters. The standard InChI is InChI=1S/C7H4ClN5O2.C7H6ClN5/c8-7-9-2-1-6(11-7)12-4-5(3-10-12)13(14)15;8-7-10-2-1-6(12-7)13-4-5(9)3-11-13/h1-4H;1-4H,9H2. The summed E-state index contributed by atoms with van der Waals surface area (Å²) in [6.45, 7) is 0. The third kappa shape index (κ3) is 4.75. The van der Waals surface area contributed by atoms with Crippen molar-refractivity contribution < 1.29 is 4.92 Å². The van der Waals surface area contributed by atoms with Crippen LogP contribution in [0.4, 0.5) is 11.4 Å². The number of nitro groups is 1. The molecule has 0 aliphatic heterocycles. The molecule has 0 fully saturated rings. The van der Waals surface area contributed by atoms with E-state index < -0.39 is 4.92 Å². The lowest BCUT2D eigenvalue weighted by molar-refractivity contribution is -0.384. The molecule has 0 saturated carbocycles. The van der Waals surface area contributed by atoms with Gasteiger partial charge in [0.1, 0.15) is 12.4 Å². The zero-order valence-electron chi connectivity index (χ0n) is 13.8. The number of halogens is 2. The summed E-state index contributed by atoms with van der Waals surface area (Å²) >= 11 is 11.2. The minimum absolute atomic E-state index is 0.0608. The Hall–Kier alpha value is -3.64. The highest BCUT2D eigenvalue weighted by atomic mass is 35.5. The van der Waals surface area contributed by atoms with Gasteiger partial charge in [-0.2, -0.15) is 20.2 Å². The number of anilines is 1. The van der Waals surface area contributed by atoms with Crippen LogP contribution in [-0.4, -0.2) is 44.4 Å². The Labute approximate surface area is 166 Å². The molecule has 0 spiro atoms. The maximum atomic E-state index is 10.4. The van der Waals surface area contributed by atoms with Crippen LogP contribution < -0.4 is 5.73 Å². The first-order chi connectivity index (χ1) is 13.4. The lowest BCUT2D eigenvalue weighted by atomic mass is 10.5. The van der Waals surface area contributed by atoms with Crippen LogP contribution in [0, 0.1) is 10.1 Å². The summed E-state index contributed by atoms with van der Waals surface area (Å²) in [6.07, 6.45) is 8.57. The second-order valence-electron chi connectivity index (χ2n) is 4.99. The Kier molecular flexibility index (Phi) is 5.72. The quantitative estimate of drug-likeness (QED) is 0.297. The zero-order chi connectivity index (χ0) is 20.1. The fraction of sp³-hybridized carbons (Fsp3) is 0. The van der Waals surface area contributed by atoms with Gasteiger partial charge in [-0.05, 0) is 23.2 Å². The van der Waals surface area contributed by atoms with Gasteiger partial charge in [0.2, 0.25) is 10.6 Å². The van der Waals surface area contributed by atoms with Crippen LogP contribution in [-0.2, 0) is 0 Å². The van der Waals surface area contributed by atoms with Gasteiger partial charge in [0.25, 0.3) is 0 Å². The van der Waals surface area contributed by atoms with E-state index in [1.807, 2.05) is 0 Å². The van der Waals surface area contributed by atoms with Crippen LogP contribution >= 0.6 is 23.2 Å². The summed E-state index contributed by atoms with van der Waals surface area (Å²) in [6, 6.07) is 3.24. The van der Waals surface area contributed by atoms with E-state index in [-0.39, 0.29) is 16.3 Å². The molecule has 0 aliphatic rings. The average molecular weight is 421 g/mol. The third-order valence-electron chi connectivity index (χ3n) is 3.07. The highest BCUT2D eigenvalue weighted by molar-refractivity contribution is 6.28. The monoisotopic (exact) mass is 420 g/mol. The number of aromatic nitrogens is 8. The fourth-order valence-electron chi connectivity index (χ4n) is 1.90. The summed E-state index contributed by atoms with van der Waals surface area (Å²) < 4.78 is 2.79. The van der Waals surface area contributed by atoms with E-state index in [1.165, 1.54) is 28.0 Å². The molecule has 0 bridgehead atoms. The van der Waals surface area contributed by atoms with Crippen molar-refractivity contribution in [2.45, 2.75) is 0 Å². The normalized spacial score (nSPS) is 10.2. The van der Waals surface area contributed by atoms with Crippen LogP contribution in [0.15, 0.2) is 49.3 Å². The molecule has 0 saturated heterocycles. The number of hydrogen-bond acceptors (Lipinski definition) is 9. The van der Waals surface area contributed by atoms with E-state index >= 15 is 0 Å². The van der Waals surface area contributed by atoms with E-state index in [0.717, 1.165) is 6.20 Å². The lowest BCUT2D eigenvalue weighted by Crippen LogP contribution is -1.98. The molecule has 2 N–H and O–H groups in total. The highest BCUT2D eigenvalue weighted by Crippen LogP contribution is 2.12. The summed E-state index contributed by atoms with van der Waals surface area (Å²) in [5, 5.41) is 18.4. The van der Waals surface area contributed by atoms with E-state index in [1.54, 1.807) is 24.5 Å². The second-order valence-corrected chi connectivity index (χ2v) is 5.66. The van der Waals surface area contributed by atoms with E-state index in [9.17, 15) is 10.1 Å². The molecule has 4 aromatic rings. The van der Waals surface area contributed by atoms with Gasteiger partial charge in [-0.3, -0.25) is 10.1 Å². The van der Waals surface area contributed by atoms with Gasteiger partial charge >= 0.3 is 5.69 Å². The van der Waals surface area contributed by atoms with Gasteiger partial charge in [-0.1, -0.05) is 0 Å². The Balaban J connectivity index is 0.000000162. The predicted octanol–water partition coefficient (Wildman–Crippen LogP) is 2.12. The van der Waals surface area contributed by atoms with Crippen molar-refractivity contribution in [2.75, 3.05) is 5.73 Å². The van der Waals surface area contributed by atoms with Crippen molar-refractivity contribution in [2.24, 2.45) is 0 Å². The molecule has 0 aromatic carbocycles. The number of hydrogen-bond donors (Lipinski definition) is 1. The first-order valence-electron chi connectivity index (χ1n) is 7.39. The van der Waals surface area contributed by atoms with Gasteiger partial charge in [0.05, 0.1) is 23.0 Å². The number of nitrogens with zero attached hydrogens (tertiary/aromatic N) is 9. The highest BCUT2D eigenvalue weighted by Gasteiger charge is 2.10. The van der Waals surface area contributed by atoms with Crippen LogP contribution in [0.3, 0.4) is 0 Å². The molecule has 0 radical (unpaired) electrons. The van der Waals surface area contributed by atoms with Crippen molar-refractivity contribution in [3.8, 4) is 11.6 Å². The molecular weight excluding hydrogens is 411 g/mol. The Morgan fingerprint density at radius 2 is 1.46 bits per heavy atom. The SMILES string of the molecule is Nc1cnn(-c2ccnc(Cl)n2)c1.O=[N+]([O-])c1cnn(-c2ccnc(Cl)n2)c1. The molecule has 4 rings (SSSR count). The largest absolute Gasteiger partial charge is 0.396 e. The molecule has 0 aliphatic carbocycles. The van der Waals surface area contributed by atoms with Crippen molar-refractivity contribution in [1.29, 1.82) is 0 Å². The molecule has 4 aromatic heterocycles. The molecule has 28 heavy (non-hydrogen) atoms. The Morgan fingerprint density at radius 3 is 1.89 bits per heavy atom. The predicted molar refractivity (Wildman–Crippen MR) is 99.4 cm³/mol. The van der Waals surface area contributed by atoms with Gasteiger partial charge < -0.3 is 5.73 Å². The van der Waals surface area contributed by atoms with Crippen molar-refractivity contribution in [3.63, 3.8) is 0 Å². The second kappa shape index (κ2) is 8.37. The average Bonchev–Trinajstić information content (AvgIpc) is 3.32. The minimum atomic E-state index is -0.535. The smallest absolute Gasteiger partial charge is 0.307 e. The molecule has 12 nitrogen and oxygen atoms in total. The number of nitrogens with two attached hydrogens (primary N) is 1. The van der Waals surface area contributed by atoms with E-state index in [2.05, 4.69) is 30.1 Å². The van der Waals surface area contributed by atoms with Gasteiger partial charge in [-0.25, -0.2) is 19.3 Å². The van der Waals surface area contributed by atoms with Crippen LogP contribution in [0.5, 0.6) is 0 Å². The maximum Gasteiger partial charge on any atom is 0.307 e.